The summed E-state index contributed by atoms with van der Waals surface area (Å²) in [6.45, 7) is 4.00. The summed E-state index contributed by atoms with van der Waals surface area (Å²) in [5, 5.41) is 3.68. The molecule has 0 aliphatic carbocycles. The van der Waals surface area contributed by atoms with Crippen LogP contribution in [-0.4, -0.2) is 11.2 Å². The van der Waals surface area contributed by atoms with E-state index in [1.165, 1.54) is 11.8 Å². The van der Waals surface area contributed by atoms with E-state index in [1.54, 1.807) is 0 Å². The summed E-state index contributed by atoms with van der Waals surface area (Å²) >= 11 is 7.42. The van der Waals surface area contributed by atoms with E-state index in [9.17, 15) is 4.79 Å². The lowest BCUT2D eigenvalue weighted by molar-refractivity contribution is -0.121. The molecule has 1 amide bonds. The van der Waals surface area contributed by atoms with E-state index in [2.05, 4.69) is 12.2 Å². The molecule has 2 rings (SSSR count). The molecule has 0 fully saturated rings. The number of amides is 1. The monoisotopic (exact) mass is 333 g/mol. The third kappa shape index (κ3) is 4.79. The number of halogens is 1. The van der Waals surface area contributed by atoms with Crippen LogP contribution in [0.25, 0.3) is 0 Å². The quantitative estimate of drug-likeness (QED) is 0.746. The van der Waals surface area contributed by atoms with Gasteiger partial charge in [0.05, 0.1) is 11.3 Å². The third-order valence-corrected chi connectivity index (χ3v) is 4.79. The van der Waals surface area contributed by atoms with Crippen LogP contribution in [0.3, 0.4) is 0 Å². The van der Waals surface area contributed by atoms with Crippen LogP contribution >= 0.6 is 23.4 Å². The van der Waals surface area contributed by atoms with Crippen LogP contribution in [0.15, 0.2) is 59.5 Å². The van der Waals surface area contributed by atoms with E-state index in [0.29, 0.717) is 5.02 Å². The van der Waals surface area contributed by atoms with Crippen molar-refractivity contribution in [1.82, 2.24) is 5.32 Å². The van der Waals surface area contributed by atoms with Gasteiger partial charge in [-0.2, -0.15) is 0 Å². The Hall–Kier alpha value is -1.45. The highest BCUT2D eigenvalue weighted by atomic mass is 35.5. The topological polar surface area (TPSA) is 29.1 Å². The Morgan fingerprint density at radius 2 is 1.77 bits per heavy atom. The Labute approximate surface area is 141 Å². The smallest absolute Gasteiger partial charge is 0.233 e. The summed E-state index contributed by atoms with van der Waals surface area (Å²) in [5.74, 6) is 0.0515. The van der Waals surface area contributed by atoms with Crippen LogP contribution < -0.4 is 5.32 Å². The van der Waals surface area contributed by atoms with Crippen molar-refractivity contribution in [2.24, 2.45) is 0 Å². The summed E-state index contributed by atoms with van der Waals surface area (Å²) in [6.07, 6.45) is 0.869. The molecule has 0 aromatic heterocycles. The average Bonchev–Trinajstić information content (AvgIpc) is 2.55. The molecule has 0 saturated heterocycles. The summed E-state index contributed by atoms with van der Waals surface area (Å²) in [5.41, 5.74) is 1.14. The molecule has 2 aromatic rings. The standard InChI is InChI=1S/C18H20ClNOS/c1-3-17(14-7-5-4-6-8-14)20-18(21)13(2)22-16-11-9-15(19)10-12-16/h4-13,17H,3H2,1-2H3,(H,20,21)/t13-,17+/m0/s1. The first kappa shape index (κ1) is 16.9. The first-order chi connectivity index (χ1) is 10.6. The molecule has 1 N–H and O–H groups in total. The van der Waals surface area contributed by atoms with Crippen molar-refractivity contribution in [3.8, 4) is 0 Å². The van der Waals surface area contributed by atoms with Crippen LogP contribution in [0.1, 0.15) is 31.9 Å². The molecule has 0 bridgehead atoms. The summed E-state index contributed by atoms with van der Waals surface area (Å²) in [6, 6.07) is 17.7. The van der Waals surface area contributed by atoms with Gasteiger partial charge in [-0.3, -0.25) is 4.79 Å². The first-order valence-corrected chi connectivity index (χ1v) is 8.63. The van der Waals surface area contributed by atoms with E-state index in [1.807, 2.05) is 61.5 Å². The molecule has 0 heterocycles. The second-order valence-electron chi connectivity index (χ2n) is 5.09. The van der Waals surface area contributed by atoms with Gasteiger partial charge in [-0.1, -0.05) is 48.9 Å². The predicted octanol–water partition coefficient (Wildman–Crippen LogP) is 5.09. The van der Waals surface area contributed by atoms with Gasteiger partial charge in [-0.15, -0.1) is 11.8 Å². The minimum absolute atomic E-state index is 0.0515. The van der Waals surface area contributed by atoms with Crippen molar-refractivity contribution in [1.29, 1.82) is 0 Å². The van der Waals surface area contributed by atoms with Crippen molar-refractivity contribution in [3.63, 3.8) is 0 Å². The number of nitrogens with one attached hydrogen (secondary N) is 1. The van der Waals surface area contributed by atoms with Crippen LogP contribution in [0.5, 0.6) is 0 Å². The summed E-state index contributed by atoms with van der Waals surface area (Å²) < 4.78 is 0. The maximum atomic E-state index is 12.4. The minimum Gasteiger partial charge on any atom is -0.348 e. The molecule has 0 unspecified atom stereocenters. The van der Waals surface area contributed by atoms with Crippen LogP contribution in [-0.2, 0) is 4.79 Å². The zero-order chi connectivity index (χ0) is 15.9. The zero-order valence-corrected chi connectivity index (χ0v) is 14.3. The lowest BCUT2D eigenvalue weighted by Crippen LogP contribution is -2.34. The molecule has 4 heteroatoms. The maximum absolute atomic E-state index is 12.4. The van der Waals surface area contributed by atoms with Crippen molar-refractivity contribution < 1.29 is 4.79 Å². The Morgan fingerprint density at radius 3 is 2.36 bits per heavy atom. The molecule has 116 valence electrons. The molecule has 22 heavy (non-hydrogen) atoms. The van der Waals surface area contributed by atoms with E-state index in [-0.39, 0.29) is 17.2 Å². The molecular weight excluding hydrogens is 314 g/mol. The number of thioether (sulfide) groups is 1. The Bertz CT molecular complexity index is 600. The van der Waals surface area contributed by atoms with Crippen molar-refractivity contribution >= 4 is 29.3 Å². The van der Waals surface area contributed by atoms with Gasteiger partial charge < -0.3 is 5.32 Å². The zero-order valence-electron chi connectivity index (χ0n) is 12.8. The number of carbonyl (C=O) groups is 1. The average molecular weight is 334 g/mol. The predicted molar refractivity (Wildman–Crippen MR) is 94.4 cm³/mol. The van der Waals surface area contributed by atoms with Crippen LogP contribution in [0, 0.1) is 0 Å². The maximum Gasteiger partial charge on any atom is 0.233 e. The largest absolute Gasteiger partial charge is 0.348 e. The summed E-state index contributed by atoms with van der Waals surface area (Å²) in [4.78, 5) is 13.4. The van der Waals surface area contributed by atoms with Crippen molar-refractivity contribution in [2.45, 2.75) is 36.5 Å². The molecule has 0 spiro atoms. The van der Waals surface area contributed by atoms with Crippen molar-refractivity contribution in [2.75, 3.05) is 0 Å². The highest BCUT2D eigenvalue weighted by Gasteiger charge is 2.18. The van der Waals surface area contributed by atoms with E-state index < -0.39 is 0 Å². The molecule has 2 atom stereocenters. The van der Waals surface area contributed by atoms with E-state index in [0.717, 1.165) is 16.9 Å². The molecule has 0 saturated carbocycles. The lowest BCUT2D eigenvalue weighted by atomic mass is 10.0. The van der Waals surface area contributed by atoms with E-state index in [4.69, 9.17) is 11.6 Å². The number of hydrogen-bond donors (Lipinski definition) is 1. The highest BCUT2D eigenvalue weighted by molar-refractivity contribution is 8.00. The number of benzene rings is 2. The van der Waals surface area contributed by atoms with Gasteiger partial charge in [0.1, 0.15) is 0 Å². The van der Waals surface area contributed by atoms with Crippen LogP contribution in [0.2, 0.25) is 5.02 Å². The first-order valence-electron chi connectivity index (χ1n) is 7.37. The van der Waals surface area contributed by atoms with Crippen molar-refractivity contribution in [3.05, 3.63) is 65.2 Å². The Balaban J connectivity index is 1.96. The Morgan fingerprint density at radius 1 is 1.14 bits per heavy atom. The van der Waals surface area contributed by atoms with Gasteiger partial charge in [0.2, 0.25) is 5.91 Å². The number of rotatable bonds is 6. The fraction of sp³-hybridized carbons (Fsp3) is 0.278. The molecular formula is C18H20ClNOS. The minimum atomic E-state index is -0.154. The van der Waals surface area contributed by atoms with Crippen LogP contribution in [0.4, 0.5) is 0 Å². The van der Waals surface area contributed by atoms with Gasteiger partial charge in [-0.05, 0) is 43.2 Å². The molecule has 0 aliphatic rings. The molecule has 0 aliphatic heterocycles. The number of carbonyl (C=O) groups excluding carboxylic acids is 1. The number of hydrogen-bond acceptors (Lipinski definition) is 2. The molecule has 0 radical (unpaired) electrons. The third-order valence-electron chi connectivity index (χ3n) is 3.42. The van der Waals surface area contributed by atoms with Gasteiger partial charge in [0, 0.05) is 9.92 Å². The normalized spacial score (nSPS) is 13.4. The second-order valence-corrected chi connectivity index (χ2v) is 6.94. The SMILES string of the molecule is CC[C@@H](NC(=O)[C@H](C)Sc1ccc(Cl)cc1)c1ccccc1. The summed E-state index contributed by atoms with van der Waals surface area (Å²) in [7, 11) is 0. The van der Waals surface area contributed by atoms with Gasteiger partial charge in [0.25, 0.3) is 0 Å². The highest BCUT2D eigenvalue weighted by Crippen LogP contribution is 2.25. The Kier molecular flexibility index (Phi) is 6.34. The van der Waals surface area contributed by atoms with E-state index >= 15 is 0 Å². The molecule has 2 aromatic carbocycles. The van der Waals surface area contributed by atoms with Gasteiger partial charge in [-0.25, -0.2) is 0 Å². The van der Waals surface area contributed by atoms with Gasteiger partial charge in [0.15, 0.2) is 0 Å². The second kappa shape index (κ2) is 8.25. The van der Waals surface area contributed by atoms with Gasteiger partial charge >= 0.3 is 0 Å². The fourth-order valence-corrected chi connectivity index (χ4v) is 3.17. The molecule has 2 nitrogen and oxygen atoms in total. The lowest BCUT2D eigenvalue weighted by Gasteiger charge is -2.20. The fourth-order valence-electron chi connectivity index (χ4n) is 2.17.